The lowest BCUT2D eigenvalue weighted by Gasteiger charge is -2.26. The van der Waals surface area contributed by atoms with Crippen LogP contribution in [0.3, 0.4) is 0 Å². The lowest BCUT2D eigenvalue weighted by molar-refractivity contribution is -0.385. The van der Waals surface area contributed by atoms with Crippen molar-refractivity contribution in [2.24, 2.45) is 5.73 Å². The lowest BCUT2D eigenvalue weighted by atomic mass is 9.95. The lowest BCUT2D eigenvalue weighted by Crippen LogP contribution is -2.49. The van der Waals surface area contributed by atoms with Crippen LogP contribution in [-0.4, -0.2) is 25.4 Å². The molecule has 1 aromatic rings. The number of nitro groups is 1. The number of rotatable bonds is 7. The molecule has 3 N–H and O–H groups in total. The Morgan fingerprint density at radius 2 is 1.91 bits per heavy atom. The maximum Gasteiger partial charge on any atom is 0.283 e. The predicted molar refractivity (Wildman–Crippen MR) is 90.7 cm³/mol. The van der Waals surface area contributed by atoms with Crippen molar-refractivity contribution in [3.63, 3.8) is 0 Å². The summed E-state index contributed by atoms with van der Waals surface area (Å²) >= 11 is 3.00. The highest BCUT2D eigenvalue weighted by Gasteiger charge is 2.25. The monoisotopic (exact) mass is 415 g/mol. The average Bonchev–Trinajstić information content (AvgIpc) is 2.44. The molecule has 0 saturated heterocycles. The molecule has 0 radical (unpaired) electrons. The van der Waals surface area contributed by atoms with Gasteiger partial charge < -0.3 is 5.73 Å². The highest BCUT2D eigenvalue weighted by atomic mass is 79.9. The zero-order chi connectivity index (χ0) is 16.3. The van der Waals surface area contributed by atoms with Gasteiger partial charge in [-0.3, -0.25) is 10.1 Å². The molecule has 0 fully saturated rings. The van der Waals surface area contributed by atoms with Crippen molar-refractivity contribution in [2.45, 2.75) is 37.1 Å². The number of hydrogen-bond acceptors (Lipinski definition) is 5. The van der Waals surface area contributed by atoms with Crippen LogP contribution in [0, 0.1) is 10.1 Å². The van der Waals surface area contributed by atoms with Gasteiger partial charge in [-0.15, -0.1) is 12.4 Å². The van der Waals surface area contributed by atoms with E-state index in [2.05, 4.69) is 20.7 Å². The Hall–Kier alpha value is -0.740. The van der Waals surface area contributed by atoms with Crippen LogP contribution in [0.15, 0.2) is 27.6 Å². The Bertz CT molecular complexity index is 635. The summed E-state index contributed by atoms with van der Waals surface area (Å²) < 4.78 is 26.9. The largest absolute Gasteiger partial charge is 0.324 e. The van der Waals surface area contributed by atoms with Gasteiger partial charge in [-0.25, -0.2) is 13.1 Å². The van der Waals surface area contributed by atoms with Gasteiger partial charge in [0.25, 0.3) is 5.69 Å². The Labute approximate surface area is 144 Å². The van der Waals surface area contributed by atoms with E-state index in [1.165, 1.54) is 12.1 Å². The van der Waals surface area contributed by atoms with Crippen LogP contribution in [-0.2, 0) is 10.0 Å². The molecule has 0 unspecified atom stereocenters. The van der Waals surface area contributed by atoms with Gasteiger partial charge in [0.1, 0.15) is 0 Å². The first-order chi connectivity index (χ1) is 9.65. The van der Waals surface area contributed by atoms with Crippen molar-refractivity contribution in [3.8, 4) is 0 Å². The summed E-state index contributed by atoms with van der Waals surface area (Å²) in [5.74, 6) is 0. The van der Waals surface area contributed by atoms with Gasteiger partial charge in [0.2, 0.25) is 10.0 Å². The molecular weight excluding hydrogens is 398 g/mol. The summed E-state index contributed by atoms with van der Waals surface area (Å²) in [6.07, 6.45) is 1.27. The summed E-state index contributed by atoms with van der Waals surface area (Å²) in [5.41, 5.74) is 5.25. The number of nitrogens with two attached hydrogens (primary N) is 1. The Balaban J connectivity index is 0.00000441. The molecule has 10 heteroatoms. The number of benzene rings is 1. The molecular formula is C12H19BrClN3O4S. The minimum atomic E-state index is -3.76. The molecule has 7 nitrogen and oxygen atoms in total. The van der Waals surface area contributed by atoms with Crippen molar-refractivity contribution < 1.29 is 13.3 Å². The third-order valence-corrected chi connectivity index (χ3v) is 5.48. The zero-order valence-electron chi connectivity index (χ0n) is 12.2. The second kappa shape index (κ2) is 8.21. The first kappa shape index (κ1) is 21.3. The fourth-order valence-corrected chi connectivity index (χ4v) is 3.46. The van der Waals surface area contributed by atoms with Crippen LogP contribution >= 0.6 is 28.3 Å². The van der Waals surface area contributed by atoms with Crippen LogP contribution in [0.1, 0.15) is 26.7 Å². The molecule has 22 heavy (non-hydrogen) atoms. The van der Waals surface area contributed by atoms with E-state index in [1.54, 1.807) is 0 Å². The minimum absolute atomic E-state index is 0. The maximum absolute atomic E-state index is 12.2. The molecule has 0 bridgehead atoms. The summed E-state index contributed by atoms with van der Waals surface area (Å²) in [5, 5.41) is 10.7. The number of hydrogen-bond donors (Lipinski definition) is 2. The first-order valence-corrected chi connectivity index (χ1v) is 8.65. The third kappa shape index (κ3) is 5.17. The van der Waals surface area contributed by atoms with E-state index < -0.39 is 20.5 Å². The van der Waals surface area contributed by atoms with Crippen LogP contribution in [0.25, 0.3) is 0 Å². The van der Waals surface area contributed by atoms with Crippen LogP contribution < -0.4 is 10.5 Å². The quantitative estimate of drug-likeness (QED) is 0.523. The van der Waals surface area contributed by atoms with Crippen molar-refractivity contribution in [1.29, 1.82) is 0 Å². The molecule has 0 amide bonds. The van der Waals surface area contributed by atoms with E-state index in [1.807, 2.05) is 13.8 Å². The highest BCUT2D eigenvalue weighted by Crippen LogP contribution is 2.27. The molecule has 0 aliphatic rings. The molecule has 126 valence electrons. The van der Waals surface area contributed by atoms with Gasteiger partial charge in [0.15, 0.2) is 0 Å². The van der Waals surface area contributed by atoms with Crippen molar-refractivity contribution in [2.75, 3.05) is 6.54 Å². The maximum atomic E-state index is 12.2. The molecule has 0 heterocycles. The molecule has 1 aromatic carbocycles. The van der Waals surface area contributed by atoms with E-state index in [0.717, 1.165) is 6.07 Å². The number of halogens is 2. The molecule has 0 spiro atoms. The van der Waals surface area contributed by atoms with Crippen LogP contribution in [0.2, 0.25) is 0 Å². The van der Waals surface area contributed by atoms with Gasteiger partial charge in [-0.1, -0.05) is 13.8 Å². The van der Waals surface area contributed by atoms with Crippen LogP contribution in [0.4, 0.5) is 5.69 Å². The minimum Gasteiger partial charge on any atom is -0.324 e. The standard InChI is InChI=1S/C12H18BrN3O4S.ClH/c1-3-12(14,4-2)8-15-21(19,20)9-5-6-11(16(17)18)10(13)7-9;/h5-7,15H,3-4,8,14H2,1-2H3;1H. The molecule has 0 atom stereocenters. The molecule has 0 saturated carbocycles. The number of nitro benzene ring substituents is 1. The fourth-order valence-electron chi connectivity index (χ4n) is 1.62. The highest BCUT2D eigenvalue weighted by molar-refractivity contribution is 9.10. The number of nitrogens with zero attached hydrogens (tertiary/aromatic N) is 1. The molecule has 0 aliphatic heterocycles. The van der Waals surface area contributed by atoms with E-state index in [4.69, 9.17) is 5.73 Å². The fraction of sp³-hybridized carbons (Fsp3) is 0.500. The van der Waals surface area contributed by atoms with E-state index >= 15 is 0 Å². The van der Waals surface area contributed by atoms with E-state index in [-0.39, 0.29) is 34.0 Å². The molecule has 0 aromatic heterocycles. The smallest absolute Gasteiger partial charge is 0.283 e. The van der Waals surface area contributed by atoms with Gasteiger partial charge in [-0.2, -0.15) is 0 Å². The second-order valence-corrected chi connectivity index (χ2v) is 7.39. The Morgan fingerprint density at radius 1 is 1.36 bits per heavy atom. The van der Waals surface area contributed by atoms with E-state index in [0.29, 0.717) is 12.8 Å². The third-order valence-electron chi connectivity index (χ3n) is 3.45. The molecule has 0 aliphatic carbocycles. The van der Waals surface area contributed by atoms with Crippen molar-refractivity contribution >= 4 is 44.0 Å². The summed E-state index contributed by atoms with van der Waals surface area (Å²) in [4.78, 5) is 10.1. The second-order valence-electron chi connectivity index (χ2n) is 4.76. The number of sulfonamides is 1. The SMILES string of the molecule is CCC(N)(CC)CNS(=O)(=O)c1ccc([N+](=O)[O-])c(Br)c1.Cl. The zero-order valence-corrected chi connectivity index (χ0v) is 15.4. The van der Waals surface area contributed by atoms with Gasteiger partial charge in [0, 0.05) is 18.2 Å². The Kier molecular flexibility index (Phi) is 7.93. The first-order valence-electron chi connectivity index (χ1n) is 6.37. The summed E-state index contributed by atoms with van der Waals surface area (Å²) in [7, 11) is -3.76. The predicted octanol–water partition coefficient (Wildman–Crippen LogP) is 2.57. The van der Waals surface area contributed by atoms with Crippen molar-refractivity contribution in [3.05, 3.63) is 32.8 Å². The van der Waals surface area contributed by atoms with E-state index in [9.17, 15) is 18.5 Å². The Morgan fingerprint density at radius 3 is 2.32 bits per heavy atom. The topological polar surface area (TPSA) is 115 Å². The number of nitrogens with one attached hydrogen (secondary N) is 1. The summed E-state index contributed by atoms with van der Waals surface area (Å²) in [6.45, 7) is 3.89. The molecule has 1 rings (SSSR count). The van der Waals surface area contributed by atoms with Gasteiger partial charge >= 0.3 is 0 Å². The normalized spacial score (nSPS) is 11.8. The van der Waals surface area contributed by atoms with Crippen molar-refractivity contribution in [1.82, 2.24) is 4.72 Å². The average molecular weight is 417 g/mol. The van der Waals surface area contributed by atoms with Gasteiger partial charge in [-0.05, 0) is 40.9 Å². The van der Waals surface area contributed by atoms with Gasteiger partial charge in [0.05, 0.1) is 14.3 Å². The van der Waals surface area contributed by atoms with Crippen LogP contribution in [0.5, 0.6) is 0 Å². The summed E-state index contributed by atoms with van der Waals surface area (Å²) in [6, 6.07) is 3.55.